The van der Waals surface area contributed by atoms with Gasteiger partial charge in [-0.1, -0.05) is 0 Å². The molecule has 0 aliphatic heterocycles. The fraction of sp³-hybridized carbons (Fsp3) is 0.800. The van der Waals surface area contributed by atoms with Crippen molar-refractivity contribution >= 4 is 17.9 Å². The van der Waals surface area contributed by atoms with E-state index in [1.165, 1.54) is 20.8 Å². The van der Waals surface area contributed by atoms with Crippen LogP contribution < -0.4 is 0 Å². The molecule has 0 bridgehead atoms. The first-order valence-corrected chi connectivity index (χ1v) is 7.67. The van der Waals surface area contributed by atoms with Gasteiger partial charge >= 0.3 is 17.9 Å². The molecule has 4 atom stereocenters. The number of carboxylic acid groups (broad SMARTS) is 3. The number of ether oxygens (including phenoxy) is 1. The molecular formula is C15H26O10. The Morgan fingerprint density at radius 2 is 1.28 bits per heavy atom. The maximum atomic E-state index is 12.0. The van der Waals surface area contributed by atoms with Crippen molar-refractivity contribution in [3.05, 3.63) is 0 Å². The molecule has 25 heavy (non-hydrogen) atoms. The lowest BCUT2D eigenvalue weighted by Crippen LogP contribution is -2.63. The van der Waals surface area contributed by atoms with Crippen molar-refractivity contribution in [2.45, 2.75) is 63.9 Å². The Kier molecular flexibility index (Phi) is 8.45. The number of hydrogen-bond acceptors (Lipinski definition) is 7. The highest BCUT2D eigenvalue weighted by Crippen LogP contribution is 2.46. The fourth-order valence-corrected chi connectivity index (χ4v) is 2.95. The van der Waals surface area contributed by atoms with Crippen molar-refractivity contribution in [2.75, 3.05) is 6.61 Å². The minimum atomic E-state index is -2.81. The lowest BCUT2D eigenvalue weighted by Gasteiger charge is -2.45. The third-order valence-electron chi connectivity index (χ3n) is 3.79. The molecule has 0 aliphatic carbocycles. The summed E-state index contributed by atoms with van der Waals surface area (Å²) < 4.78 is 5.16. The van der Waals surface area contributed by atoms with Gasteiger partial charge in [0, 0.05) is 0 Å². The van der Waals surface area contributed by atoms with Gasteiger partial charge in [0.2, 0.25) is 0 Å². The number of hydrogen-bond donors (Lipinski definition) is 6. The van der Waals surface area contributed by atoms with Crippen LogP contribution in [0.3, 0.4) is 0 Å². The van der Waals surface area contributed by atoms with Gasteiger partial charge in [-0.2, -0.15) is 0 Å². The largest absolute Gasteiger partial charge is 0.481 e. The van der Waals surface area contributed by atoms with E-state index in [2.05, 4.69) is 0 Å². The molecule has 0 aromatic heterocycles. The Labute approximate surface area is 144 Å². The van der Waals surface area contributed by atoms with E-state index in [4.69, 9.17) is 9.84 Å². The van der Waals surface area contributed by atoms with Crippen LogP contribution in [-0.4, -0.2) is 79.1 Å². The van der Waals surface area contributed by atoms with Crippen molar-refractivity contribution < 1.29 is 49.8 Å². The predicted octanol–water partition coefficient (Wildman–Crippen LogP) is -0.705. The summed E-state index contributed by atoms with van der Waals surface area (Å²) in [5.74, 6) is -5.25. The molecule has 10 heteroatoms. The first-order chi connectivity index (χ1) is 11.3. The van der Waals surface area contributed by atoms with Gasteiger partial charge < -0.3 is 35.4 Å². The van der Waals surface area contributed by atoms with Crippen molar-refractivity contribution in [1.29, 1.82) is 0 Å². The van der Waals surface area contributed by atoms with Crippen LogP contribution in [0.4, 0.5) is 0 Å². The van der Waals surface area contributed by atoms with Crippen LogP contribution in [0.15, 0.2) is 0 Å². The minimum absolute atomic E-state index is 0.645. The summed E-state index contributed by atoms with van der Waals surface area (Å²) >= 11 is 0. The standard InChI is InChI=1S/C15H26O10/c1-8(16)4-14(12(21)22,5-9(2)17)15(13(23)24,6-11(19)20)25-7-10(3)18/h8-10,16-18H,4-7H2,1-3H3,(H,19,20)(H,21,22)(H,23,24). The molecule has 6 N–H and O–H groups in total. The molecule has 0 spiro atoms. The van der Waals surface area contributed by atoms with Crippen molar-refractivity contribution in [2.24, 2.45) is 5.41 Å². The van der Waals surface area contributed by atoms with Gasteiger partial charge in [0.25, 0.3) is 0 Å². The number of carboxylic acids is 3. The number of aliphatic hydroxyl groups is 3. The zero-order chi connectivity index (χ0) is 20.0. The van der Waals surface area contributed by atoms with E-state index < -0.39 is 73.1 Å². The molecule has 0 aromatic carbocycles. The lowest BCUT2D eigenvalue weighted by molar-refractivity contribution is -0.216. The third-order valence-corrected chi connectivity index (χ3v) is 3.79. The van der Waals surface area contributed by atoms with Gasteiger partial charge in [-0.3, -0.25) is 9.59 Å². The van der Waals surface area contributed by atoms with E-state index in [-0.39, 0.29) is 0 Å². The van der Waals surface area contributed by atoms with E-state index in [1.807, 2.05) is 0 Å². The maximum Gasteiger partial charge on any atom is 0.337 e. The molecule has 4 unspecified atom stereocenters. The Bertz CT molecular complexity index is 475. The monoisotopic (exact) mass is 366 g/mol. The van der Waals surface area contributed by atoms with E-state index in [0.717, 1.165) is 0 Å². The Balaban J connectivity index is 6.57. The summed E-state index contributed by atoms with van der Waals surface area (Å²) in [5.41, 5.74) is -5.26. The van der Waals surface area contributed by atoms with Crippen molar-refractivity contribution in [1.82, 2.24) is 0 Å². The highest BCUT2D eigenvalue weighted by molar-refractivity contribution is 5.92. The molecule has 0 heterocycles. The van der Waals surface area contributed by atoms with Gasteiger partial charge in [0.15, 0.2) is 5.60 Å². The second-order valence-corrected chi connectivity index (χ2v) is 6.36. The normalized spacial score (nSPS) is 19.9. The average molecular weight is 366 g/mol. The maximum absolute atomic E-state index is 12.0. The molecule has 0 rings (SSSR count). The quantitative estimate of drug-likeness (QED) is 0.258. The summed E-state index contributed by atoms with van der Waals surface area (Å²) in [6.45, 7) is 3.02. The SMILES string of the molecule is CC(O)COC(CC(=O)O)(C(=O)O)C(CC(C)O)(CC(C)O)C(=O)O. The second kappa shape index (κ2) is 9.09. The highest BCUT2D eigenvalue weighted by Gasteiger charge is 2.64. The molecule has 0 aliphatic rings. The predicted molar refractivity (Wildman–Crippen MR) is 82.9 cm³/mol. The van der Waals surface area contributed by atoms with Crippen LogP contribution in [0.1, 0.15) is 40.0 Å². The van der Waals surface area contributed by atoms with Crippen LogP contribution in [0.2, 0.25) is 0 Å². The first-order valence-electron chi connectivity index (χ1n) is 7.67. The van der Waals surface area contributed by atoms with Gasteiger partial charge in [0.1, 0.15) is 5.41 Å². The van der Waals surface area contributed by atoms with Crippen LogP contribution in [0, 0.1) is 5.41 Å². The highest BCUT2D eigenvalue weighted by atomic mass is 16.5. The summed E-state index contributed by atoms with van der Waals surface area (Å²) in [6.07, 6.45) is -6.42. The van der Waals surface area contributed by atoms with Crippen molar-refractivity contribution in [3.8, 4) is 0 Å². The first kappa shape index (κ1) is 23.2. The van der Waals surface area contributed by atoms with Crippen LogP contribution in [0.25, 0.3) is 0 Å². The van der Waals surface area contributed by atoms with E-state index in [1.54, 1.807) is 0 Å². The molecule has 0 saturated heterocycles. The van der Waals surface area contributed by atoms with Gasteiger partial charge in [0.05, 0.1) is 31.3 Å². The Hall–Kier alpha value is -1.75. The Morgan fingerprint density at radius 1 is 0.840 bits per heavy atom. The zero-order valence-electron chi connectivity index (χ0n) is 14.4. The molecular weight excluding hydrogens is 340 g/mol. The second-order valence-electron chi connectivity index (χ2n) is 6.36. The molecule has 0 fully saturated rings. The molecule has 0 saturated carbocycles. The van der Waals surface area contributed by atoms with Gasteiger partial charge in [-0.25, -0.2) is 4.79 Å². The Morgan fingerprint density at radius 3 is 1.52 bits per heavy atom. The molecule has 0 amide bonds. The summed E-state index contributed by atoms with van der Waals surface area (Å²) in [7, 11) is 0. The number of aliphatic hydroxyl groups excluding tert-OH is 3. The number of carbonyl (C=O) groups is 3. The molecule has 146 valence electrons. The van der Waals surface area contributed by atoms with Crippen LogP contribution in [-0.2, 0) is 19.1 Å². The van der Waals surface area contributed by atoms with Crippen molar-refractivity contribution in [3.63, 3.8) is 0 Å². The van der Waals surface area contributed by atoms with Gasteiger partial charge in [-0.05, 0) is 33.6 Å². The van der Waals surface area contributed by atoms with Crippen LogP contribution in [0.5, 0.6) is 0 Å². The summed E-state index contributed by atoms with van der Waals surface area (Å²) in [4.78, 5) is 35.3. The smallest absolute Gasteiger partial charge is 0.337 e. The van der Waals surface area contributed by atoms with E-state index >= 15 is 0 Å². The lowest BCUT2D eigenvalue weighted by atomic mass is 9.63. The van der Waals surface area contributed by atoms with Crippen LogP contribution >= 0.6 is 0 Å². The average Bonchev–Trinajstić information content (AvgIpc) is 2.40. The minimum Gasteiger partial charge on any atom is -0.481 e. The molecule has 0 aromatic rings. The molecule has 0 radical (unpaired) electrons. The fourth-order valence-electron chi connectivity index (χ4n) is 2.95. The summed E-state index contributed by atoms with van der Waals surface area (Å²) in [6, 6.07) is 0. The topological polar surface area (TPSA) is 182 Å². The number of rotatable bonds is 12. The van der Waals surface area contributed by atoms with E-state index in [9.17, 15) is 39.9 Å². The van der Waals surface area contributed by atoms with Gasteiger partial charge in [-0.15, -0.1) is 0 Å². The molecule has 10 nitrogen and oxygen atoms in total. The zero-order valence-corrected chi connectivity index (χ0v) is 14.4. The summed E-state index contributed by atoms with van der Waals surface area (Å²) in [5, 5.41) is 57.4. The number of aliphatic carboxylic acids is 3. The van der Waals surface area contributed by atoms with E-state index in [0.29, 0.717) is 0 Å². The third kappa shape index (κ3) is 5.63.